The van der Waals surface area contributed by atoms with Crippen LogP contribution in [-0.2, 0) is 9.53 Å². The Hall–Kier alpha value is -2.11. The van der Waals surface area contributed by atoms with E-state index in [1.165, 1.54) is 12.8 Å². The fourth-order valence-electron chi connectivity index (χ4n) is 2.77. The number of carbonyl (C=O) groups excluding carboxylic acids is 2. The minimum absolute atomic E-state index is 0.0865. The van der Waals surface area contributed by atoms with E-state index in [2.05, 4.69) is 10.3 Å². The van der Waals surface area contributed by atoms with Crippen LogP contribution in [0.5, 0.6) is 5.88 Å². The standard InChI is InChI=1S/C20H26N2O4/c1-12(20(24)26-15-6-7-15)10-21-18(23)17-9-8-16(14-4-5-14)19(22-17)25-11-13-2-3-13/h8-9,12-15H,2-7,10-11H2,1H3,(H,21,23). The maximum atomic E-state index is 12.4. The highest BCUT2D eigenvalue weighted by Crippen LogP contribution is 2.44. The maximum Gasteiger partial charge on any atom is 0.310 e. The van der Waals surface area contributed by atoms with Gasteiger partial charge < -0.3 is 14.8 Å². The van der Waals surface area contributed by atoms with Crippen LogP contribution in [0.25, 0.3) is 0 Å². The van der Waals surface area contributed by atoms with E-state index in [-0.39, 0.29) is 30.4 Å². The Morgan fingerprint density at radius 1 is 1.19 bits per heavy atom. The number of hydrogen-bond acceptors (Lipinski definition) is 5. The molecule has 3 aliphatic rings. The molecule has 4 rings (SSSR count). The molecule has 0 aliphatic heterocycles. The number of amides is 1. The predicted molar refractivity (Wildman–Crippen MR) is 95.0 cm³/mol. The Labute approximate surface area is 153 Å². The van der Waals surface area contributed by atoms with Crippen LogP contribution >= 0.6 is 0 Å². The average molecular weight is 358 g/mol. The van der Waals surface area contributed by atoms with E-state index < -0.39 is 0 Å². The fraction of sp³-hybridized carbons (Fsp3) is 0.650. The van der Waals surface area contributed by atoms with E-state index in [4.69, 9.17) is 9.47 Å². The molecule has 3 saturated carbocycles. The molecule has 140 valence electrons. The molecule has 26 heavy (non-hydrogen) atoms. The van der Waals surface area contributed by atoms with Crippen LogP contribution in [0.2, 0.25) is 0 Å². The zero-order valence-electron chi connectivity index (χ0n) is 15.2. The summed E-state index contributed by atoms with van der Waals surface area (Å²) in [5, 5.41) is 2.78. The molecule has 0 bridgehead atoms. The number of carbonyl (C=O) groups is 2. The average Bonchev–Trinajstić information content (AvgIpc) is 3.47. The van der Waals surface area contributed by atoms with Crippen LogP contribution in [-0.4, -0.2) is 36.1 Å². The second-order valence-corrected chi connectivity index (χ2v) is 7.87. The molecular formula is C20H26N2O4. The van der Waals surface area contributed by atoms with Gasteiger partial charge in [0.25, 0.3) is 5.91 Å². The topological polar surface area (TPSA) is 77.5 Å². The zero-order valence-corrected chi connectivity index (χ0v) is 15.2. The normalized spacial score (nSPS) is 20.3. The molecule has 3 fully saturated rings. The second-order valence-electron chi connectivity index (χ2n) is 7.87. The minimum Gasteiger partial charge on any atom is -0.477 e. The molecule has 0 saturated heterocycles. The van der Waals surface area contributed by atoms with Crippen molar-refractivity contribution in [2.24, 2.45) is 11.8 Å². The van der Waals surface area contributed by atoms with Crippen molar-refractivity contribution in [2.45, 2.75) is 57.5 Å². The number of esters is 1. The third-order valence-electron chi connectivity index (χ3n) is 5.07. The van der Waals surface area contributed by atoms with Crippen molar-refractivity contribution in [3.63, 3.8) is 0 Å². The van der Waals surface area contributed by atoms with Crippen LogP contribution in [0.15, 0.2) is 12.1 Å². The SMILES string of the molecule is CC(CNC(=O)c1ccc(C2CC2)c(OCC2CC2)n1)C(=O)OC1CC1. The number of ether oxygens (including phenoxy) is 2. The van der Waals surface area contributed by atoms with Crippen molar-refractivity contribution >= 4 is 11.9 Å². The lowest BCUT2D eigenvalue weighted by Crippen LogP contribution is -2.33. The van der Waals surface area contributed by atoms with Crippen molar-refractivity contribution in [3.8, 4) is 5.88 Å². The lowest BCUT2D eigenvalue weighted by molar-refractivity contribution is -0.148. The van der Waals surface area contributed by atoms with Crippen LogP contribution in [0.3, 0.4) is 0 Å². The van der Waals surface area contributed by atoms with E-state index in [0.29, 0.717) is 30.0 Å². The Bertz CT molecular complexity index is 693. The molecule has 1 atom stereocenters. The first-order chi connectivity index (χ1) is 12.6. The number of aromatic nitrogens is 1. The summed E-state index contributed by atoms with van der Waals surface area (Å²) < 4.78 is 11.2. The summed E-state index contributed by atoms with van der Waals surface area (Å²) in [6, 6.07) is 3.72. The van der Waals surface area contributed by atoms with Crippen molar-refractivity contribution in [1.82, 2.24) is 10.3 Å². The zero-order chi connectivity index (χ0) is 18.1. The third kappa shape index (κ3) is 4.54. The molecule has 3 aliphatic carbocycles. The molecular weight excluding hydrogens is 332 g/mol. The molecule has 1 heterocycles. The number of pyridine rings is 1. The molecule has 6 heteroatoms. The van der Waals surface area contributed by atoms with Crippen molar-refractivity contribution < 1.29 is 19.1 Å². The van der Waals surface area contributed by atoms with E-state index in [0.717, 1.165) is 31.2 Å². The minimum atomic E-state index is -0.365. The van der Waals surface area contributed by atoms with Gasteiger partial charge in [0.05, 0.1) is 12.5 Å². The smallest absolute Gasteiger partial charge is 0.310 e. The lowest BCUT2D eigenvalue weighted by Gasteiger charge is -2.13. The molecule has 1 N–H and O–H groups in total. The molecule has 1 aromatic rings. The van der Waals surface area contributed by atoms with Gasteiger partial charge in [-0.15, -0.1) is 0 Å². The monoisotopic (exact) mass is 358 g/mol. The molecule has 0 radical (unpaired) electrons. The Morgan fingerprint density at radius 2 is 1.96 bits per heavy atom. The summed E-state index contributed by atoms with van der Waals surface area (Å²) in [4.78, 5) is 28.8. The highest BCUT2D eigenvalue weighted by molar-refractivity contribution is 5.92. The lowest BCUT2D eigenvalue weighted by atomic mass is 10.1. The molecule has 6 nitrogen and oxygen atoms in total. The molecule has 1 aromatic heterocycles. The van der Waals surface area contributed by atoms with Crippen molar-refractivity contribution in [2.75, 3.05) is 13.2 Å². The number of hydrogen-bond donors (Lipinski definition) is 1. The summed E-state index contributed by atoms with van der Waals surface area (Å²) in [5.41, 5.74) is 1.45. The van der Waals surface area contributed by atoms with Gasteiger partial charge in [-0.2, -0.15) is 0 Å². The molecule has 0 aromatic carbocycles. The van der Waals surface area contributed by atoms with Crippen molar-refractivity contribution in [3.05, 3.63) is 23.4 Å². The molecule has 0 spiro atoms. The van der Waals surface area contributed by atoms with Gasteiger partial charge in [0.2, 0.25) is 5.88 Å². The van der Waals surface area contributed by atoms with Gasteiger partial charge in [0, 0.05) is 12.1 Å². The van der Waals surface area contributed by atoms with E-state index >= 15 is 0 Å². The number of rotatable bonds is 9. The Morgan fingerprint density at radius 3 is 2.62 bits per heavy atom. The van der Waals surface area contributed by atoms with Crippen LogP contribution in [0, 0.1) is 11.8 Å². The number of nitrogens with zero attached hydrogens (tertiary/aromatic N) is 1. The second kappa shape index (κ2) is 7.25. The Balaban J connectivity index is 1.35. The number of nitrogens with one attached hydrogen (secondary N) is 1. The summed E-state index contributed by atoms with van der Waals surface area (Å²) in [6.45, 7) is 2.69. The van der Waals surface area contributed by atoms with Gasteiger partial charge in [-0.3, -0.25) is 9.59 Å². The van der Waals surface area contributed by atoms with E-state index in [9.17, 15) is 9.59 Å². The summed E-state index contributed by atoms with van der Waals surface area (Å²) >= 11 is 0. The maximum absolute atomic E-state index is 12.4. The summed E-state index contributed by atoms with van der Waals surface area (Å²) in [6.07, 6.45) is 6.74. The van der Waals surface area contributed by atoms with Crippen LogP contribution in [0.4, 0.5) is 0 Å². The van der Waals surface area contributed by atoms with Crippen LogP contribution < -0.4 is 10.1 Å². The molecule has 1 unspecified atom stereocenters. The highest BCUT2D eigenvalue weighted by atomic mass is 16.5. The van der Waals surface area contributed by atoms with Gasteiger partial charge in [0.1, 0.15) is 11.8 Å². The van der Waals surface area contributed by atoms with E-state index in [1.54, 1.807) is 13.0 Å². The van der Waals surface area contributed by atoms with Gasteiger partial charge in [-0.25, -0.2) is 4.98 Å². The first-order valence-corrected chi connectivity index (χ1v) is 9.72. The Kier molecular flexibility index (Phi) is 4.83. The summed E-state index contributed by atoms with van der Waals surface area (Å²) in [7, 11) is 0. The highest BCUT2D eigenvalue weighted by Gasteiger charge is 2.30. The van der Waals surface area contributed by atoms with Gasteiger partial charge in [-0.1, -0.05) is 13.0 Å². The third-order valence-corrected chi connectivity index (χ3v) is 5.07. The van der Waals surface area contributed by atoms with Gasteiger partial charge in [-0.05, 0) is 56.4 Å². The quantitative estimate of drug-likeness (QED) is 0.687. The summed E-state index contributed by atoms with van der Waals surface area (Å²) in [5.74, 6) is 0.864. The first kappa shape index (κ1) is 17.3. The van der Waals surface area contributed by atoms with E-state index in [1.807, 2.05) is 6.07 Å². The molecule has 1 amide bonds. The first-order valence-electron chi connectivity index (χ1n) is 9.72. The van der Waals surface area contributed by atoms with Crippen LogP contribution in [0.1, 0.15) is 67.4 Å². The van der Waals surface area contributed by atoms with Gasteiger partial charge >= 0.3 is 5.97 Å². The fourth-order valence-corrected chi connectivity index (χ4v) is 2.77. The van der Waals surface area contributed by atoms with Gasteiger partial charge in [0.15, 0.2) is 0 Å². The predicted octanol–water partition coefficient (Wildman–Crippen LogP) is 2.82. The largest absolute Gasteiger partial charge is 0.477 e. The van der Waals surface area contributed by atoms with Crippen molar-refractivity contribution in [1.29, 1.82) is 0 Å².